The summed E-state index contributed by atoms with van der Waals surface area (Å²) in [6.45, 7) is 0. The first-order valence-corrected chi connectivity index (χ1v) is 5.80. The fourth-order valence-electron chi connectivity index (χ4n) is 2.11. The van der Waals surface area contributed by atoms with E-state index in [-0.39, 0.29) is 11.3 Å². The highest BCUT2D eigenvalue weighted by Gasteiger charge is 2.28. The number of ketones is 1. The lowest BCUT2D eigenvalue weighted by atomic mass is 9.88. The van der Waals surface area contributed by atoms with Gasteiger partial charge in [-0.15, -0.1) is 0 Å². The van der Waals surface area contributed by atoms with Crippen LogP contribution in [0, 0.1) is 0 Å². The van der Waals surface area contributed by atoms with E-state index in [0.29, 0.717) is 24.2 Å². The highest BCUT2D eigenvalue weighted by atomic mass is 16.5. The van der Waals surface area contributed by atoms with Gasteiger partial charge in [-0.05, 0) is 36.6 Å². The van der Waals surface area contributed by atoms with Gasteiger partial charge in [0.1, 0.15) is 11.5 Å². The first-order valence-electron chi connectivity index (χ1n) is 5.80. The minimum absolute atomic E-state index is 0.101. The number of hydrogen-bond donors (Lipinski definition) is 1. The van der Waals surface area contributed by atoms with E-state index in [2.05, 4.69) is 4.74 Å². The number of carbonyl (C=O) groups is 2. The second-order valence-electron chi connectivity index (χ2n) is 4.17. The SMILES string of the molecule is COC(=O)C(=O)C1=C(O)c2ccc(OC)cc2CC1. The molecule has 0 aliphatic heterocycles. The Bertz CT molecular complexity index is 571. The van der Waals surface area contributed by atoms with Crippen LogP contribution >= 0.6 is 0 Å². The smallest absolute Gasteiger partial charge is 0.379 e. The summed E-state index contributed by atoms with van der Waals surface area (Å²) in [6.07, 6.45) is 0.870. The molecule has 5 heteroatoms. The van der Waals surface area contributed by atoms with Gasteiger partial charge in [0, 0.05) is 11.1 Å². The molecule has 0 spiro atoms. The predicted molar refractivity (Wildman–Crippen MR) is 67.9 cm³/mol. The van der Waals surface area contributed by atoms with Crippen LogP contribution in [0.3, 0.4) is 0 Å². The van der Waals surface area contributed by atoms with Crippen molar-refractivity contribution in [3.63, 3.8) is 0 Å². The molecule has 0 heterocycles. The molecule has 0 aromatic heterocycles. The Kier molecular flexibility index (Phi) is 3.55. The van der Waals surface area contributed by atoms with Gasteiger partial charge in [0.2, 0.25) is 0 Å². The van der Waals surface area contributed by atoms with Gasteiger partial charge in [-0.3, -0.25) is 4.79 Å². The van der Waals surface area contributed by atoms with Crippen LogP contribution in [0.2, 0.25) is 0 Å². The Morgan fingerprint density at radius 1 is 1.21 bits per heavy atom. The van der Waals surface area contributed by atoms with Gasteiger partial charge in [-0.25, -0.2) is 4.79 Å². The van der Waals surface area contributed by atoms with Gasteiger partial charge >= 0.3 is 5.97 Å². The topological polar surface area (TPSA) is 72.8 Å². The largest absolute Gasteiger partial charge is 0.507 e. The van der Waals surface area contributed by atoms with Crippen molar-refractivity contribution in [2.45, 2.75) is 12.8 Å². The van der Waals surface area contributed by atoms with Crippen LogP contribution in [-0.2, 0) is 20.7 Å². The predicted octanol–water partition coefficient (Wildman–Crippen LogP) is 1.65. The van der Waals surface area contributed by atoms with E-state index < -0.39 is 11.8 Å². The molecule has 0 saturated heterocycles. The normalized spacial score (nSPS) is 13.8. The second-order valence-corrected chi connectivity index (χ2v) is 4.17. The first-order chi connectivity index (χ1) is 9.08. The summed E-state index contributed by atoms with van der Waals surface area (Å²) in [5.74, 6) is -1.21. The number of ether oxygens (including phenoxy) is 2. The minimum atomic E-state index is -0.960. The lowest BCUT2D eigenvalue weighted by molar-refractivity contribution is -0.149. The van der Waals surface area contributed by atoms with Gasteiger partial charge in [-0.2, -0.15) is 0 Å². The Labute approximate surface area is 110 Å². The molecule has 1 aromatic carbocycles. The van der Waals surface area contributed by atoms with Crippen LogP contribution in [0.1, 0.15) is 17.5 Å². The van der Waals surface area contributed by atoms with Crippen molar-refractivity contribution >= 4 is 17.5 Å². The molecule has 0 fully saturated rings. The van der Waals surface area contributed by atoms with E-state index in [4.69, 9.17) is 4.74 Å². The maximum Gasteiger partial charge on any atom is 0.379 e. The van der Waals surface area contributed by atoms with Crippen molar-refractivity contribution < 1.29 is 24.2 Å². The summed E-state index contributed by atoms with van der Waals surface area (Å²) in [5.41, 5.74) is 1.54. The standard InChI is InChI=1S/C14H14O5/c1-18-9-4-6-10-8(7-9)3-5-11(12(10)15)13(16)14(17)19-2/h4,6-7,15H,3,5H2,1-2H3. The molecule has 0 radical (unpaired) electrons. The molecule has 1 aromatic rings. The molecule has 19 heavy (non-hydrogen) atoms. The Morgan fingerprint density at radius 2 is 1.95 bits per heavy atom. The lowest BCUT2D eigenvalue weighted by Gasteiger charge is -2.19. The number of aliphatic hydroxyl groups is 1. The van der Waals surface area contributed by atoms with E-state index in [1.807, 2.05) is 6.07 Å². The quantitative estimate of drug-likeness (QED) is 0.662. The van der Waals surface area contributed by atoms with E-state index in [9.17, 15) is 14.7 Å². The fourth-order valence-corrected chi connectivity index (χ4v) is 2.11. The third kappa shape index (κ3) is 2.31. The molecule has 0 amide bonds. The molecule has 0 unspecified atom stereocenters. The average molecular weight is 262 g/mol. The van der Waals surface area contributed by atoms with Crippen molar-refractivity contribution in [1.29, 1.82) is 0 Å². The zero-order valence-electron chi connectivity index (χ0n) is 10.7. The van der Waals surface area contributed by atoms with Crippen molar-refractivity contribution in [2.24, 2.45) is 0 Å². The average Bonchev–Trinajstić information content (AvgIpc) is 2.45. The molecular formula is C14H14O5. The van der Waals surface area contributed by atoms with Crippen LogP contribution in [0.5, 0.6) is 5.75 Å². The third-order valence-corrected chi connectivity index (χ3v) is 3.14. The van der Waals surface area contributed by atoms with Crippen LogP contribution in [0.25, 0.3) is 5.76 Å². The fraction of sp³-hybridized carbons (Fsp3) is 0.286. The summed E-state index contributed by atoms with van der Waals surface area (Å²) in [6, 6.07) is 5.18. The first kappa shape index (κ1) is 13.1. The Morgan fingerprint density at radius 3 is 2.58 bits per heavy atom. The maximum absolute atomic E-state index is 11.8. The van der Waals surface area contributed by atoms with E-state index >= 15 is 0 Å². The van der Waals surface area contributed by atoms with E-state index in [1.165, 1.54) is 0 Å². The summed E-state index contributed by atoms with van der Waals surface area (Å²) in [7, 11) is 2.70. The van der Waals surface area contributed by atoms with Gasteiger partial charge in [0.05, 0.1) is 14.2 Å². The van der Waals surface area contributed by atoms with E-state index in [0.717, 1.165) is 12.7 Å². The number of rotatable bonds is 3. The number of Topliss-reactive ketones (excluding diaryl/α,β-unsaturated/α-hetero) is 1. The number of hydrogen-bond acceptors (Lipinski definition) is 5. The summed E-state index contributed by atoms with van der Waals surface area (Å²) >= 11 is 0. The Hall–Kier alpha value is -2.30. The van der Waals surface area contributed by atoms with Gasteiger partial charge < -0.3 is 14.6 Å². The van der Waals surface area contributed by atoms with Crippen LogP contribution < -0.4 is 4.74 Å². The number of aliphatic hydroxyl groups excluding tert-OH is 1. The van der Waals surface area contributed by atoms with Crippen molar-refractivity contribution in [1.82, 2.24) is 0 Å². The van der Waals surface area contributed by atoms with Crippen molar-refractivity contribution in [3.8, 4) is 5.75 Å². The number of esters is 1. The highest BCUT2D eigenvalue weighted by molar-refractivity contribution is 6.41. The van der Waals surface area contributed by atoms with Crippen molar-refractivity contribution in [2.75, 3.05) is 14.2 Å². The van der Waals surface area contributed by atoms with Crippen LogP contribution in [0.4, 0.5) is 0 Å². The molecule has 1 aliphatic rings. The number of aryl methyl sites for hydroxylation is 1. The summed E-state index contributed by atoms with van der Waals surface area (Å²) < 4.78 is 9.49. The molecule has 0 atom stereocenters. The zero-order valence-corrected chi connectivity index (χ0v) is 10.7. The number of fused-ring (bicyclic) bond motifs is 1. The molecular weight excluding hydrogens is 248 g/mol. The number of benzene rings is 1. The molecule has 1 N–H and O–H groups in total. The molecule has 5 nitrogen and oxygen atoms in total. The third-order valence-electron chi connectivity index (χ3n) is 3.14. The number of methoxy groups -OCH3 is 2. The second kappa shape index (κ2) is 5.14. The molecule has 1 aliphatic carbocycles. The van der Waals surface area contributed by atoms with Gasteiger partial charge in [-0.1, -0.05) is 0 Å². The molecule has 0 bridgehead atoms. The summed E-state index contributed by atoms with van der Waals surface area (Å²) in [5, 5.41) is 10.1. The Balaban J connectivity index is 2.43. The molecule has 0 saturated carbocycles. The number of carbonyl (C=O) groups excluding carboxylic acids is 2. The maximum atomic E-state index is 11.8. The molecule has 2 rings (SSSR count). The molecule has 100 valence electrons. The van der Waals surface area contributed by atoms with Gasteiger partial charge in [0.15, 0.2) is 0 Å². The zero-order chi connectivity index (χ0) is 14.0. The lowest BCUT2D eigenvalue weighted by Crippen LogP contribution is -2.21. The summed E-state index contributed by atoms with van der Waals surface area (Å²) in [4.78, 5) is 23.0. The highest BCUT2D eigenvalue weighted by Crippen LogP contribution is 2.32. The van der Waals surface area contributed by atoms with E-state index in [1.54, 1.807) is 19.2 Å². The van der Waals surface area contributed by atoms with Crippen LogP contribution in [-0.4, -0.2) is 31.1 Å². The van der Waals surface area contributed by atoms with Crippen LogP contribution in [0.15, 0.2) is 23.8 Å². The minimum Gasteiger partial charge on any atom is -0.507 e. The van der Waals surface area contributed by atoms with Gasteiger partial charge in [0.25, 0.3) is 5.78 Å². The van der Waals surface area contributed by atoms with Crippen molar-refractivity contribution in [3.05, 3.63) is 34.9 Å². The monoisotopic (exact) mass is 262 g/mol.